The lowest BCUT2D eigenvalue weighted by Crippen LogP contribution is -2.38. The van der Waals surface area contributed by atoms with Gasteiger partial charge in [-0.3, -0.25) is 0 Å². The van der Waals surface area contributed by atoms with Gasteiger partial charge >= 0.3 is 0 Å². The summed E-state index contributed by atoms with van der Waals surface area (Å²) in [5.41, 5.74) is 2.84. The molecule has 106 valence electrons. The molecule has 0 amide bonds. The Kier molecular flexibility index (Phi) is 4.38. The van der Waals surface area contributed by atoms with Crippen LogP contribution in [0.5, 0.6) is 0 Å². The van der Waals surface area contributed by atoms with Crippen LogP contribution in [-0.4, -0.2) is 19.1 Å². The maximum absolute atomic E-state index is 3.67. The van der Waals surface area contributed by atoms with E-state index in [0.29, 0.717) is 6.04 Å². The maximum Gasteiger partial charge on any atom is 0.0412 e. The SMILES string of the molecule is CCC1CN(CCc2cccs2)c2ccccc2CN1. The van der Waals surface area contributed by atoms with Crippen molar-refractivity contribution in [2.45, 2.75) is 32.4 Å². The Bertz CT molecular complexity index is 536. The average molecular weight is 286 g/mol. The fourth-order valence-corrected chi connectivity index (χ4v) is 3.54. The first-order valence-corrected chi connectivity index (χ1v) is 8.33. The Balaban J connectivity index is 1.78. The first-order valence-electron chi connectivity index (χ1n) is 7.45. The lowest BCUT2D eigenvalue weighted by Gasteiger charge is -2.27. The van der Waals surface area contributed by atoms with Crippen LogP contribution < -0.4 is 10.2 Å². The number of hydrogen-bond donors (Lipinski definition) is 1. The van der Waals surface area contributed by atoms with Crippen LogP contribution >= 0.6 is 11.3 Å². The highest BCUT2D eigenvalue weighted by Crippen LogP contribution is 2.24. The third kappa shape index (κ3) is 3.05. The second-order valence-electron chi connectivity index (χ2n) is 5.39. The molecule has 0 saturated heterocycles. The summed E-state index contributed by atoms with van der Waals surface area (Å²) in [5, 5.41) is 5.84. The molecular weight excluding hydrogens is 264 g/mol. The molecular formula is C17H22N2S. The van der Waals surface area contributed by atoms with E-state index in [2.05, 4.69) is 58.9 Å². The summed E-state index contributed by atoms with van der Waals surface area (Å²) in [6.07, 6.45) is 2.33. The predicted octanol–water partition coefficient (Wildman–Crippen LogP) is 3.68. The standard InChI is InChI=1S/C17H22N2S/c1-2-15-13-19(10-9-16-7-5-11-20-16)17-8-4-3-6-14(17)12-18-15/h3-8,11,15,18H,2,9-10,12-13H2,1H3. The normalized spacial score (nSPS) is 18.6. The molecule has 1 aromatic carbocycles. The molecule has 20 heavy (non-hydrogen) atoms. The van der Waals surface area contributed by atoms with Crippen LogP contribution in [0.25, 0.3) is 0 Å². The van der Waals surface area contributed by atoms with Gasteiger partial charge in [0, 0.05) is 36.2 Å². The summed E-state index contributed by atoms with van der Waals surface area (Å²) in [7, 11) is 0. The minimum absolute atomic E-state index is 0.589. The van der Waals surface area contributed by atoms with Crippen LogP contribution in [0.2, 0.25) is 0 Å². The van der Waals surface area contributed by atoms with Gasteiger partial charge in [0.05, 0.1) is 0 Å². The molecule has 0 radical (unpaired) electrons. The Hall–Kier alpha value is -1.32. The fraction of sp³-hybridized carbons (Fsp3) is 0.412. The highest BCUT2D eigenvalue weighted by Gasteiger charge is 2.19. The number of para-hydroxylation sites is 1. The molecule has 3 heteroatoms. The summed E-state index contributed by atoms with van der Waals surface area (Å²) in [6.45, 7) is 5.48. The first kappa shape index (κ1) is 13.7. The maximum atomic E-state index is 3.67. The number of hydrogen-bond acceptors (Lipinski definition) is 3. The topological polar surface area (TPSA) is 15.3 Å². The van der Waals surface area contributed by atoms with Crippen molar-refractivity contribution in [2.75, 3.05) is 18.0 Å². The third-order valence-corrected chi connectivity index (χ3v) is 4.99. The molecule has 1 aliphatic rings. The zero-order valence-electron chi connectivity index (χ0n) is 12.0. The molecule has 0 aliphatic carbocycles. The summed E-state index contributed by atoms with van der Waals surface area (Å²) in [5.74, 6) is 0. The van der Waals surface area contributed by atoms with Gasteiger partial charge in [-0.05, 0) is 35.9 Å². The van der Waals surface area contributed by atoms with Crippen LogP contribution in [0.4, 0.5) is 5.69 Å². The van der Waals surface area contributed by atoms with Gasteiger partial charge in [0.25, 0.3) is 0 Å². The number of thiophene rings is 1. The molecule has 0 bridgehead atoms. The van der Waals surface area contributed by atoms with Crippen molar-refractivity contribution in [1.29, 1.82) is 0 Å². The monoisotopic (exact) mass is 286 g/mol. The Morgan fingerprint density at radius 1 is 1.25 bits per heavy atom. The molecule has 2 nitrogen and oxygen atoms in total. The zero-order chi connectivity index (χ0) is 13.8. The lowest BCUT2D eigenvalue weighted by atomic mass is 10.1. The van der Waals surface area contributed by atoms with Crippen molar-refractivity contribution in [1.82, 2.24) is 5.32 Å². The van der Waals surface area contributed by atoms with E-state index in [1.807, 2.05) is 11.3 Å². The van der Waals surface area contributed by atoms with Crippen LogP contribution in [0.1, 0.15) is 23.8 Å². The number of fused-ring (bicyclic) bond motifs is 1. The quantitative estimate of drug-likeness (QED) is 0.922. The van der Waals surface area contributed by atoms with E-state index in [1.54, 1.807) is 0 Å². The number of rotatable bonds is 4. The van der Waals surface area contributed by atoms with Crippen LogP contribution in [0.3, 0.4) is 0 Å². The molecule has 1 unspecified atom stereocenters. The molecule has 0 spiro atoms. The van der Waals surface area contributed by atoms with E-state index in [0.717, 1.165) is 26.1 Å². The molecule has 1 aromatic heterocycles. The average Bonchev–Trinajstić information content (AvgIpc) is 2.94. The molecule has 0 saturated carbocycles. The molecule has 3 rings (SSSR count). The number of nitrogens with zero attached hydrogens (tertiary/aromatic N) is 1. The van der Waals surface area contributed by atoms with E-state index in [9.17, 15) is 0 Å². The van der Waals surface area contributed by atoms with E-state index < -0.39 is 0 Å². The molecule has 1 atom stereocenters. The summed E-state index contributed by atoms with van der Waals surface area (Å²) >= 11 is 1.86. The van der Waals surface area contributed by atoms with Crippen LogP contribution in [0.15, 0.2) is 41.8 Å². The van der Waals surface area contributed by atoms with Gasteiger partial charge < -0.3 is 10.2 Å². The highest BCUT2D eigenvalue weighted by atomic mass is 32.1. The smallest absolute Gasteiger partial charge is 0.0412 e. The number of benzene rings is 1. The van der Waals surface area contributed by atoms with E-state index in [1.165, 1.54) is 22.5 Å². The second-order valence-corrected chi connectivity index (χ2v) is 6.42. The Morgan fingerprint density at radius 2 is 2.15 bits per heavy atom. The molecule has 2 heterocycles. The zero-order valence-corrected chi connectivity index (χ0v) is 12.8. The van der Waals surface area contributed by atoms with Gasteiger partial charge in [-0.2, -0.15) is 0 Å². The van der Waals surface area contributed by atoms with Gasteiger partial charge in [-0.1, -0.05) is 31.2 Å². The summed E-state index contributed by atoms with van der Waals surface area (Å²) in [6, 6.07) is 13.8. The number of anilines is 1. The Labute approximate surface area is 125 Å². The predicted molar refractivity (Wildman–Crippen MR) is 87.6 cm³/mol. The largest absolute Gasteiger partial charge is 0.369 e. The van der Waals surface area contributed by atoms with E-state index >= 15 is 0 Å². The van der Waals surface area contributed by atoms with Crippen molar-refractivity contribution >= 4 is 17.0 Å². The highest BCUT2D eigenvalue weighted by molar-refractivity contribution is 7.09. The minimum Gasteiger partial charge on any atom is -0.369 e. The molecule has 2 aromatic rings. The third-order valence-electron chi connectivity index (χ3n) is 4.06. The second kappa shape index (κ2) is 6.42. The molecule has 1 aliphatic heterocycles. The van der Waals surface area contributed by atoms with Gasteiger partial charge in [0.2, 0.25) is 0 Å². The first-order chi connectivity index (χ1) is 9.86. The lowest BCUT2D eigenvalue weighted by molar-refractivity contribution is 0.503. The fourth-order valence-electron chi connectivity index (χ4n) is 2.84. The van der Waals surface area contributed by atoms with Gasteiger partial charge in [0.15, 0.2) is 0 Å². The van der Waals surface area contributed by atoms with E-state index in [-0.39, 0.29) is 0 Å². The minimum atomic E-state index is 0.589. The Morgan fingerprint density at radius 3 is 2.95 bits per heavy atom. The van der Waals surface area contributed by atoms with Crippen molar-refractivity contribution in [2.24, 2.45) is 0 Å². The molecule has 1 N–H and O–H groups in total. The summed E-state index contributed by atoms with van der Waals surface area (Å²) in [4.78, 5) is 4.04. The van der Waals surface area contributed by atoms with Crippen molar-refractivity contribution in [3.05, 3.63) is 52.2 Å². The van der Waals surface area contributed by atoms with Gasteiger partial charge in [0.1, 0.15) is 0 Å². The van der Waals surface area contributed by atoms with Crippen molar-refractivity contribution in [3.8, 4) is 0 Å². The van der Waals surface area contributed by atoms with E-state index in [4.69, 9.17) is 0 Å². The summed E-state index contributed by atoms with van der Waals surface area (Å²) < 4.78 is 0. The van der Waals surface area contributed by atoms with Crippen molar-refractivity contribution < 1.29 is 0 Å². The molecule has 0 fully saturated rings. The number of nitrogens with one attached hydrogen (secondary N) is 1. The van der Waals surface area contributed by atoms with Crippen molar-refractivity contribution in [3.63, 3.8) is 0 Å². The van der Waals surface area contributed by atoms with Crippen LogP contribution in [-0.2, 0) is 13.0 Å². The van der Waals surface area contributed by atoms with Crippen LogP contribution in [0, 0.1) is 0 Å². The van der Waals surface area contributed by atoms with Gasteiger partial charge in [-0.15, -0.1) is 11.3 Å². The van der Waals surface area contributed by atoms with Gasteiger partial charge in [-0.25, -0.2) is 0 Å².